The summed E-state index contributed by atoms with van der Waals surface area (Å²) in [6, 6.07) is 0. The molecular formula is C14H24N2O2. The third kappa shape index (κ3) is 2.41. The Morgan fingerprint density at radius 2 is 2.11 bits per heavy atom. The molecule has 3 aliphatic heterocycles. The molecule has 1 spiro atoms. The maximum absolute atomic E-state index is 12.3. The number of piperidine rings is 2. The van der Waals surface area contributed by atoms with Crippen LogP contribution in [0.2, 0.25) is 0 Å². The number of nitrogens with one attached hydrogen (secondary N) is 1. The maximum Gasteiger partial charge on any atom is 0.228 e. The summed E-state index contributed by atoms with van der Waals surface area (Å²) in [6.45, 7) is 5.64. The number of hydrogen-bond donors (Lipinski definition) is 1. The molecule has 0 aromatic carbocycles. The Labute approximate surface area is 109 Å². The molecule has 1 atom stereocenters. The third-order valence-corrected chi connectivity index (χ3v) is 4.98. The molecule has 0 unspecified atom stereocenters. The topological polar surface area (TPSA) is 41.6 Å². The van der Waals surface area contributed by atoms with E-state index < -0.39 is 0 Å². The zero-order valence-electron chi connectivity index (χ0n) is 11.1. The second-order valence-corrected chi connectivity index (χ2v) is 6.17. The maximum atomic E-state index is 12.3. The summed E-state index contributed by atoms with van der Waals surface area (Å²) in [7, 11) is 0. The molecule has 102 valence electrons. The normalized spacial score (nSPS) is 31.8. The van der Waals surface area contributed by atoms with Crippen LogP contribution >= 0.6 is 0 Å². The van der Waals surface area contributed by atoms with E-state index in [0.29, 0.717) is 17.9 Å². The minimum Gasteiger partial charge on any atom is -0.381 e. The van der Waals surface area contributed by atoms with Gasteiger partial charge in [-0.05, 0) is 44.1 Å². The molecule has 1 amide bonds. The van der Waals surface area contributed by atoms with Crippen molar-refractivity contribution < 1.29 is 9.53 Å². The van der Waals surface area contributed by atoms with E-state index in [1.165, 1.54) is 32.2 Å². The number of rotatable bonds is 1. The minimum atomic E-state index is 0.142. The number of likely N-dealkylation sites (tertiary alicyclic amines) is 1. The van der Waals surface area contributed by atoms with Crippen LogP contribution < -0.4 is 5.32 Å². The van der Waals surface area contributed by atoms with Crippen molar-refractivity contribution in [3.63, 3.8) is 0 Å². The van der Waals surface area contributed by atoms with Crippen LogP contribution in [0.4, 0.5) is 0 Å². The molecule has 3 fully saturated rings. The van der Waals surface area contributed by atoms with Crippen molar-refractivity contribution in [3.8, 4) is 0 Å². The van der Waals surface area contributed by atoms with E-state index in [1.54, 1.807) is 0 Å². The minimum absolute atomic E-state index is 0.142. The van der Waals surface area contributed by atoms with Gasteiger partial charge in [-0.15, -0.1) is 0 Å². The van der Waals surface area contributed by atoms with E-state index in [-0.39, 0.29) is 5.92 Å². The van der Waals surface area contributed by atoms with Crippen LogP contribution in [0, 0.1) is 11.3 Å². The number of hydrogen-bond acceptors (Lipinski definition) is 3. The molecule has 0 bridgehead atoms. The predicted molar refractivity (Wildman–Crippen MR) is 69.3 cm³/mol. The highest BCUT2D eigenvalue weighted by atomic mass is 16.5. The number of carbonyl (C=O) groups excluding carboxylic acids is 1. The summed E-state index contributed by atoms with van der Waals surface area (Å²) in [5.74, 6) is 0.481. The van der Waals surface area contributed by atoms with Gasteiger partial charge in [0.2, 0.25) is 5.91 Å². The van der Waals surface area contributed by atoms with E-state index >= 15 is 0 Å². The quantitative estimate of drug-likeness (QED) is 0.757. The lowest BCUT2D eigenvalue weighted by molar-refractivity contribution is -0.138. The van der Waals surface area contributed by atoms with E-state index in [2.05, 4.69) is 10.2 Å². The summed E-state index contributed by atoms with van der Waals surface area (Å²) in [4.78, 5) is 14.4. The smallest absolute Gasteiger partial charge is 0.228 e. The molecule has 3 rings (SSSR count). The van der Waals surface area contributed by atoms with E-state index in [1.807, 2.05) is 0 Å². The summed E-state index contributed by atoms with van der Waals surface area (Å²) < 4.78 is 5.32. The fraction of sp³-hybridized carbons (Fsp3) is 0.929. The van der Waals surface area contributed by atoms with E-state index in [0.717, 1.165) is 32.7 Å². The van der Waals surface area contributed by atoms with Gasteiger partial charge in [0.1, 0.15) is 0 Å². The molecule has 1 N–H and O–H groups in total. The van der Waals surface area contributed by atoms with Gasteiger partial charge in [0, 0.05) is 26.2 Å². The third-order valence-electron chi connectivity index (χ3n) is 4.98. The first-order valence-electron chi connectivity index (χ1n) is 7.36. The fourth-order valence-corrected chi connectivity index (χ4v) is 3.65. The first-order valence-corrected chi connectivity index (χ1v) is 7.36. The Morgan fingerprint density at radius 3 is 2.72 bits per heavy atom. The molecule has 0 aliphatic carbocycles. The van der Waals surface area contributed by atoms with Crippen molar-refractivity contribution >= 4 is 5.91 Å². The highest BCUT2D eigenvalue weighted by Gasteiger charge is 2.38. The first kappa shape index (κ1) is 12.4. The van der Waals surface area contributed by atoms with Crippen LogP contribution in [0.3, 0.4) is 0 Å². The van der Waals surface area contributed by atoms with Crippen molar-refractivity contribution in [2.75, 3.05) is 39.4 Å². The van der Waals surface area contributed by atoms with Gasteiger partial charge in [0.25, 0.3) is 0 Å². The second-order valence-electron chi connectivity index (χ2n) is 6.17. The van der Waals surface area contributed by atoms with Crippen LogP contribution in [-0.4, -0.2) is 50.2 Å². The fourth-order valence-electron chi connectivity index (χ4n) is 3.65. The molecule has 0 aromatic heterocycles. The van der Waals surface area contributed by atoms with Crippen molar-refractivity contribution in [2.45, 2.75) is 32.1 Å². The Kier molecular flexibility index (Phi) is 3.57. The zero-order chi connectivity index (χ0) is 12.4. The molecule has 0 radical (unpaired) electrons. The number of nitrogens with zero attached hydrogens (tertiary/aromatic N) is 1. The summed E-state index contributed by atoms with van der Waals surface area (Å²) in [6.07, 6.45) is 5.92. The molecule has 0 saturated carbocycles. The van der Waals surface area contributed by atoms with Crippen LogP contribution in [0.15, 0.2) is 0 Å². The Balaban J connectivity index is 1.54. The lowest BCUT2D eigenvalue weighted by atomic mass is 9.73. The lowest BCUT2D eigenvalue weighted by Crippen LogP contribution is -2.50. The lowest BCUT2D eigenvalue weighted by Gasteiger charge is -2.44. The van der Waals surface area contributed by atoms with Crippen molar-refractivity contribution in [3.05, 3.63) is 0 Å². The molecule has 4 nitrogen and oxygen atoms in total. The highest BCUT2D eigenvalue weighted by Crippen LogP contribution is 2.37. The predicted octanol–water partition coefficient (Wildman–Crippen LogP) is 1.02. The van der Waals surface area contributed by atoms with Gasteiger partial charge in [0.05, 0.1) is 12.5 Å². The Morgan fingerprint density at radius 1 is 1.28 bits per heavy atom. The van der Waals surface area contributed by atoms with Crippen LogP contribution in [0.25, 0.3) is 0 Å². The molecule has 0 aromatic rings. The number of ether oxygens (including phenoxy) is 1. The van der Waals surface area contributed by atoms with Crippen molar-refractivity contribution in [1.82, 2.24) is 10.2 Å². The Bertz CT molecular complexity index is 297. The van der Waals surface area contributed by atoms with Crippen molar-refractivity contribution in [1.29, 1.82) is 0 Å². The van der Waals surface area contributed by atoms with E-state index in [9.17, 15) is 4.79 Å². The Hall–Kier alpha value is -0.610. The van der Waals surface area contributed by atoms with Gasteiger partial charge in [-0.2, -0.15) is 0 Å². The van der Waals surface area contributed by atoms with Gasteiger partial charge in [-0.3, -0.25) is 4.79 Å². The van der Waals surface area contributed by atoms with E-state index in [4.69, 9.17) is 4.74 Å². The molecule has 3 heterocycles. The number of carbonyl (C=O) groups is 1. The summed E-state index contributed by atoms with van der Waals surface area (Å²) >= 11 is 0. The average molecular weight is 252 g/mol. The summed E-state index contributed by atoms with van der Waals surface area (Å²) in [5.41, 5.74) is 0.487. The second kappa shape index (κ2) is 5.17. The van der Waals surface area contributed by atoms with Gasteiger partial charge in [-0.1, -0.05) is 0 Å². The zero-order valence-corrected chi connectivity index (χ0v) is 11.1. The van der Waals surface area contributed by atoms with Gasteiger partial charge in [0.15, 0.2) is 0 Å². The van der Waals surface area contributed by atoms with Crippen LogP contribution in [0.5, 0.6) is 0 Å². The van der Waals surface area contributed by atoms with Crippen molar-refractivity contribution in [2.24, 2.45) is 11.3 Å². The monoisotopic (exact) mass is 252 g/mol. The van der Waals surface area contributed by atoms with Gasteiger partial charge in [-0.25, -0.2) is 0 Å². The van der Waals surface area contributed by atoms with Gasteiger partial charge < -0.3 is 15.0 Å². The van der Waals surface area contributed by atoms with Gasteiger partial charge >= 0.3 is 0 Å². The largest absolute Gasteiger partial charge is 0.381 e. The summed E-state index contributed by atoms with van der Waals surface area (Å²) in [5, 5.41) is 3.52. The SMILES string of the molecule is O=C([C@H]1CCOC1)N1CCC2(CCCNC2)CC1. The molecular weight excluding hydrogens is 228 g/mol. The average Bonchev–Trinajstić information content (AvgIpc) is 2.94. The highest BCUT2D eigenvalue weighted by molar-refractivity contribution is 5.79. The molecule has 3 saturated heterocycles. The standard InChI is InChI=1S/C14H24N2O2/c17-13(12-2-9-18-10-12)16-7-4-14(5-8-16)3-1-6-15-11-14/h12,15H,1-11H2/t12-/m0/s1. The number of amides is 1. The molecule has 4 heteroatoms. The molecule has 18 heavy (non-hydrogen) atoms. The van der Waals surface area contributed by atoms with Crippen LogP contribution in [-0.2, 0) is 9.53 Å². The first-order chi connectivity index (χ1) is 8.79. The molecule has 3 aliphatic rings. The van der Waals surface area contributed by atoms with Crippen LogP contribution in [0.1, 0.15) is 32.1 Å².